The lowest BCUT2D eigenvalue weighted by Crippen LogP contribution is -2.04. The molecule has 24 heavy (non-hydrogen) atoms. The molecule has 0 N–H and O–H groups in total. The van der Waals surface area contributed by atoms with Crippen LogP contribution in [0.15, 0.2) is 65.2 Å². The first-order valence-corrected chi connectivity index (χ1v) is 7.63. The van der Waals surface area contributed by atoms with Crippen molar-refractivity contribution >= 4 is 0 Å². The molecule has 0 atom stereocenters. The third-order valence-electron chi connectivity index (χ3n) is 3.65. The lowest BCUT2D eigenvalue weighted by molar-refractivity contribution is 0.447. The van der Waals surface area contributed by atoms with Crippen molar-refractivity contribution < 1.29 is 4.42 Å². The summed E-state index contributed by atoms with van der Waals surface area (Å²) < 4.78 is 5.76. The van der Waals surface area contributed by atoms with Gasteiger partial charge in [-0.1, -0.05) is 60.2 Å². The van der Waals surface area contributed by atoms with Gasteiger partial charge in [0.15, 0.2) is 5.76 Å². The average molecular weight is 317 g/mol. The topological polar surface area (TPSA) is 69.6 Å². The molecule has 118 valence electrons. The van der Waals surface area contributed by atoms with Gasteiger partial charge in [-0.05, 0) is 12.1 Å². The molecular formula is C18H15N5O. The molecule has 0 saturated heterocycles. The van der Waals surface area contributed by atoms with E-state index in [1.165, 1.54) is 10.4 Å². The van der Waals surface area contributed by atoms with Gasteiger partial charge in [0, 0.05) is 11.1 Å². The van der Waals surface area contributed by atoms with Crippen molar-refractivity contribution in [2.24, 2.45) is 0 Å². The van der Waals surface area contributed by atoms with Crippen molar-refractivity contribution in [1.82, 2.24) is 25.2 Å². The van der Waals surface area contributed by atoms with Crippen LogP contribution in [-0.2, 0) is 6.54 Å². The Kier molecular flexibility index (Phi) is 3.63. The number of hydrogen-bond acceptors (Lipinski definition) is 5. The van der Waals surface area contributed by atoms with Crippen molar-refractivity contribution in [2.75, 3.05) is 0 Å². The highest BCUT2D eigenvalue weighted by Gasteiger charge is 2.10. The second-order valence-corrected chi connectivity index (χ2v) is 5.49. The summed E-state index contributed by atoms with van der Waals surface area (Å²) in [6, 6.07) is 17.9. The molecule has 0 aliphatic rings. The second kappa shape index (κ2) is 6.08. The van der Waals surface area contributed by atoms with Crippen LogP contribution in [0.5, 0.6) is 0 Å². The van der Waals surface area contributed by atoms with E-state index in [2.05, 4.69) is 20.4 Å². The van der Waals surface area contributed by atoms with Gasteiger partial charge in [-0.2, -0.15) is 4.80 Å². The minimum atomic E-state index is 0.339. The molecule has 6 nitrogen and oxygen atoms in total. The summed E-state index contributed by atoms with van der Waals surface area (Å²) >= 11 is 0. The fourth-order valence-corrected chi connectivity index (χ4v) is 2.37. The van der Waals surface area contributed by atoms with Crippen LogP contribution in [0.4, 0.5) is 0 Å². The first-order valence-electron chi connectivity index (χ1n) is 7.63. The number of nitrogens with zero attached hydrogens (tertiary/aromatic N) is 5. The van der Waals surface area contributed by atoms with E-state index < -0.39 is 0 Å². The molecule has 0 unspecified atom stereocenters. The van der Waals surface area contributed by atoms with Crippen LogP contribution in [0.25, 0.3) is 22.7 Å². The van der Waals surface area contributed by atoms with Gasteiger partial charge in [-0.15, -0.1) is 10.2 Å². The van der Waals surface area contributed by atoms with Crippen molar-refractivity contribution in [3.8, 4) is 22.7 Å². The molecule has 4 rings (SSSR count). The van der Waals surface area contributed by atoms with E-state index in [9.17, 15) is 0 Å². The number of aromatic nitrogens is 5. The minimum Gasteiger partial charge on any atom is -0.439 e. The van der Waals surface area contributed by atoms with E-state index in [1.54, 1.807) is 6.20 Å². The normalized spacial score (nSPS) is 10.9. The fraction of sp³-hybridized carbons (Fsp3) is 0.111. The maximum Gasteiger partial charge on any atom is 0.218 e. The zero-order valence-corrected chi connectivity index (χ0v) is 13.1. The first-order chi connectivity index (χ1) is 11.8. The zero-order chi connectivity index (χ0) is 16.4. The molecule has 0 radical (unpaired) electrons. The highest BCUT2D eigenvalue weighted by molar-refractivity contribution is 5.56. The van der Waals surface area contributed by atoms with Gasteiger partial charge in [0.2, 0.25) is 11.7 Å². The van der Waals surface area contributed by atoms with Crippen LogP contribution in [0.3, 0.4) is 0 Å². The summed E-state index contributed by atoms with van der Waals surface area (Å²) in [6.45, 7) is 2.38. The Morgan fingerprint density at radius 3 is 2.54 bits per heavy atom. The highest BCUT2D eigenvalue weighted by atomic mass is 16.4. The predicted octanol–water partition coefficient (Wildman–Crippen LogP) is 3.35. The van der Waals surface area contributed by atoms with Gasteiger partial charge >= 0.3 is 0 Å². The number of rotatable bonds is 4. The number of oxazole rings is 1. The summed E-state index contributed by atoms with van der Waals surface area (Å²) in [5, 5.41) is 12.5. The van der Waals surface area contributed by atoms with Gasteiger partial charge in [-0.25, -0.2) is 4.98 Å². The van der Waals surface area contributed by atoms with E-state index in [0.717, 1.165) is 16.9 Å². The highest BCUT2D eigenvalue weighted by Crippen LogP contribution is 2.20. The lowest BCUT2D eigenvalue weighted by atomic mass is 10.1. The standard InChI is InChI=1S/C18H15N5O/c1-13-7-9-15(10-8-13)18-20-22-23(21-18)12-17-19-11-16(24-17)14-5-3-2-4-6-14/h2-11H,12H2,1H3. The van der Waals surface area contributed by atoms with Crippen molar-refractivity contribution in [2.45, 2.75) is 13.5 Å². The Balaban J connectivity index is 1.52. The van der Waals surface area contributed by atoms with Crippen molar-refractivity contribution in [3.63, 3.8) is 0 Å². The Bertz CT molecular complexity index is 941. The van der Waals surface area contributed by atoms with Crippen LogP contribution < -0.4 is 0 Å². The Hall–Kier alpha value is -3.28. The molecule has 6 heteroatoms. The lowest BCUT2D eigenvalue weighted by Gasteiger charge is -1.96. The van der Waals surface area contributed by atoms with Crippen molar-refractivity contribution in [1.29, 1.82) is 0 Å². The largest absolute Gasteiger partial charge is 0.439 e. The summed E-state index contributed by atoms with van der Waals surface area (Å²) in [5.74, 6) is 1.86. The molecule has 4 aromatic rings. The second-order valence-electron chi connectivity index (χ2n) is 5.49. The monoisotopic (exact) mass is 317 g/mol. The summed E-state index contributed by atoms with van der Waals surface area (Å²) in [4.78, 5) is 5.77. The van der Waals surface area contributed by atoms with Gasteiger partial charge in [0.05, 0.1) is 6.20 Å². The van der Waals surface area contributed by atoms with Crippen LogP contribution >= 0.6 is 0 Å². The molecular weight excluding hydrogens is 302 g/mol. The molecule has 0 aliphatic carbocycles. The van der Waals surface area contributed by atoms with E-state index in [1.807, 2.05) is 61.5 Å². The van der Waals surface area contributed by atoms with Gasteiger partial charge in [-0.3, -0.25) is 0 Å². The molecule has 2 aromatic carbocycles. The van der Waals surface area contributed by atoms with E-state index >= 15 is 0 Å². The molecule has 0 aliphatic heterocycles. The van der Waals surface area contributed by atoms with Crippen LogP contribution in [-0.4, -0.2) is 25.2 Å². The summed E-state index contributed by atoms with van der Waals surface area (Å²) in [5.41, 5.74) is 3.12. The maximum atomic E-state index is 5.76. The zero-order valence-electron chi connectivity index (χ0n) is 13.1. The number of hydrogen-bond donors (Lipinski definition) is 0. The molecule has 0 saturated carbocycles. The smallest absolute Gasteiger partial charge is 0.218 e. The molecule has 0 fully saturated rings. The van der Waals surface area contributed by atoms with Gasteiger partial charge in [0.1, 0.15) is 6.54 Å². The number of benzene rings is 2. The van der Waals surface area contributed by atoms with Crippen LogP contribution in [0.2, 0.25) is 0 Å². The molecule has 2 aromatic heterocycles. The quantitative estimate of drug-likeness (QED) is 0.577. The minimum absolute atomic E-state index is 0.339. The van der Waals surface area contributed by atoms with E-state index in [-0.39, 0.29) is 0 Å². The summed E-state index contributed by atoms with van der Waals surface area (Å²) in [7, 11) is 0. The maximum absolute atomic E-state index is 5.76. The molecule has 2 heterocycles. The summed E-state index contributed by atoms with van der Waals surface area (Å²) in [6.07, 6.45) is 1.71. The van der Waals surface area contributed by atoms with Crippen LogP contribution in [0.1, 0.15) is 11.5 Å². The Labute approximate surface area is 138 Å². The van der Waals surface area contributed by atoms with Gasteiger partial charge in [0.25, 0.3) is 0 Å². The number of aryl methyl sites for hydroxylation is 1. The van der Waals surface area contributed by atoms with Crippen LogP contribution in [0, 0.1) is 6.92 Å². The average Bonchev–Trinajstić information content (AvgIpc) is 3.27. The molecule has 0 amide bonds. The molecule has 0 spiro atoms. The third-order valence-corrected chi connectivity index (χ3v) is 3.65. The van der Waals surface area contributed by atoms with E-state index in [0.29, 0.717) is 18.3 Å². The predicted molar refractivity (Wildman–Crippen MR) is 89.0 cm³/mol. The first kappa shape index (κ1) is 14.3. The van der Waals surface area contributed by atoms with E-state index in [4.69, 9.17) is 4.42 Å². The van der Waals surface area contributed by atoms with Gasteiger partial charge < -0.3 is 4.42 Å². The fourth-order valence-electron chi connectivity index (χ4n) is 2.37. The Morgan fingerprint density at radius 1 is 0.958 bits per heavy atom. The molecule has 0 bridgehead atoms. The Morgan fingerprint density at radius 2 is 1.75 bits per heavy atom. The third kappa shape index (κ3) is 2.94. The number of tetrazole rings is 1. The SMILES string of the molecule is Cc1ccc(-c2nnn(Cc3ncc(-c4ccccc4)o3)n2)cc1. The van der Waals surface area contributed by atoms with Crippen molar-refractivity contribution in [3.05, 3.63) is 72.2 Å².